The van der Waals surface area contributed by atoms with E-state index in [1.807, 2.05) is 38.1 Å². The highest BCUT2D eigenvalue weighted by atomic mass is 16.5. The van der Waals surface area contributed by atoms with Crippen LogP contribution in [0.1, 0.15) is 25.8 Å². The van der Waals surface area contributed by atoms with E-state index in [2.05, 4.69) is 10.2 Å². The van der Waals surface area contributed by atoms with Crippen LogP contribution in [0.3, 0.4) is 0 Å². The highest BCUT2D eigenvalue weighted by molar-refractivity contribution is 5.78. The minimum atomic E-state index is 0.0587. The molecule has 5 heteroatoms. The predicted octanol–water partition coefficient (Wildman–Crippen LogP) is 1.45. The van der Waals surface area contributed by atoms with Gasteiger partial charge in [0.25, 0.3) is 0 Å². The number of likely N-dealkylation sites (tertiary alicyclic amines) is 1. The molecule has 2 rings (SSSR count). The highest BCUT2D eigenvalue weighted by Gasteiger charge is 2.22. The van der Waals surface area contributed by atoms with E-state index in [-0.39, 0.29) is 18.6 Å². The van der Waals surface area contributed by atoms with Crippen LogP contribution in [0, 0.1) is 5.92 Å². The zero-order chi connectivity index (χ0) is 16.7. The summed E-state index contributed by atoms with van der Waals surface area (Å²) in [6.07, 6.45) is 1.97. The maximum absolute atomic E-state index is 11.9. The summed E-state index contributed by atoms with van der Waals surface area (Å²) in [6, 6.07) is 8.01. The van der Waals surface area contributed by atoms with Crippen LogP contribution in [0.25, 0.3) is 0 Å². The van der Waals surface area contributed by atoms with Gasteiger partial charge in [0.2, 0.25) is 5.91 Å². The molecule has 1 saturated heterocycles. The molecule has 1 unspecified atom stereocenters. The Morgan fingerprint density at radius 3 is 2.74 bits per heavy atom. The predicted molar refractivity (Wildman–Crippen MR) is 90.6 cm³/mol. The van der Waals surface area contributed by atoms with Crippen molar-refractivity contribution < 1.29 is 14.6 Å². The van der Waals surface area contributed by atoms with Gasteiger partial charge in [-0.15, -0.1) is 0 Å². The van der Waals surface area contributed by atoms with Gasteiger partial charge >= 0.3 is 0 Å². The van der Waals surface area contributed by atoms with E-state index < -0.39 is 0 Å². The van der Waals surface area contributed by atoms with Gasteiger partial charge in [-0.2, -0.15) is 0 Å². The van der Waals surface area contributed by atoms with Gasteiger partial charge in [0, 0.05) is 19.7 Å². The lowest BCUT2D eigenvalue weighted by Crippen LogP contribution is -2.37. The first-order valence-electron chi connectivity index (χ1n) is 8.42. The van der Waals surface area contributed by atoms with Crippen molar-refractivity contribution in [2.75, 3.05) is 32.8 Å². The number of aliphatic hydroxyl groups excluding tert-OH is 1. The average Bonchev–Trinajstić information content (AvgIpc) is 2.96. The van der Waals surface area contributed by atoms with Crippen LogP contribution in [0.5, 0.6) is 5.75 Å². The summed E-state index contributed by atoms with van der Waals surface area (Å²) in [5, 5.41) is 12.1. The van der Waals surface area contributed by atoms with E-state index in [4.69, 9.17) is 9.84 Å². The Hall–Kier alpha value is -1.59. The van der Waals surface area contributed by atoms with Crippen LogP contribution in [0.15, 0.2) is 24.3 Å². The third-order valence-corrected chi connectivity index (χ3v) is 4.03. The molecule has 1 aliphatic heterocycles. The van der Waals surface area contributed by atoms with Gasteiger partial charge in [-0.1, -0.05) is 12.1 Å². The highest BCUT2D eigenvalue weighted by Crippen LogP contribution is 2.15. The summed E-state index contributed by atoms with van der Waals surface area (Å²) in [4.78, 5) is 14.0. The SMILES string of the molecule is CC(C)Oc1ccc(CCNC(=O)CN2CCC(CO)C2)cc1. The smallest absolute Gasteiger partial charge is 0.234 e. The van der Waals surface area contributed by atoms with Gasteiger partial charge in [0.05, 0.1) is 12.6 Å². The Bertz CT molecular complexity index is 488. The van der Waals surface area contributed by atoms with Crippen molar-refractivity contribution in [2.24, 2.45) is 5.92 Å². The van der Waals surface area contributed by atoms with Gasteiger partial charge in [0.15, 0.2) is 0 Å². The number of carbonyl (C=O) groups excluding carboxylic acids is 1. The van der Waals surface area contributed by atoms with Crippen molar-refractivity contribution in [3.05, 3.63) is 29.8 Å². The zero-order valence-corrected chi connectivity index (χ0v) is 14.1. The second-order valence-electron chi connectivity index (χ2n) is 6.48. The fourth-order valence-electron chi connectivity index (χ4n) is 2.82. The van der Waals surface area contributed by atoms with Gasteiger partial charge in [-0.25, -0.2) is 0 Å². The lowest BCUT2D eigenvalue weighted by molar-refractivity contribution is -0.122. The molecule has 0 radical (unpaired) electrons. The van der Waals surface area contributed by atoms with Crippen molar-refractivity contribution in [1.29, 1.82) is 0 Å². The Morgan fingerprint density at radius 1 is 1.39 bits per heavy atom. The molecule has 0 aliphatic carbocycles. The number of rotatable bonds is 8. The molecule has 5 nitrogen and oxygen atoms in total. The Morgan fingerprint density at radius 2 is 2.13 bits per heavy atom. The molecule has 1 amide bonds. The number of nitrogens with one attached hydrogen (secondary N) is 1. The first-order chi connectivity index (χ1) is 11.1. The third-order valence-electron chi connectivity index (χ3n) is 4.03. The molecule has 0 bridgehead atoms. The van der Waals surface area contributed by atoms with E-state index in [1.165, 1.54) is 5.56 Å². The zero-order valence-electron chi connectivity index (χ0n) is 14.1. The number of hydrogen-bond acceptors (Lipinski definition) is 4. The van der Waals surface area contributed by atoms with Gasteiger partial charge < -0.3 is 15.2 Å². The maximum atomic E-state index is 11.9. The van der Waals surface area contributed by atoms with Crippen LogP contribution in [0.4, 0.5) is 0 Å². The molecule has 1 aliphatic rings. The van der Waals surface area contributed by atoms with Crippen molar-refractivity contribution in [3.8, 4) is 5.75 Å². The number of carbonyl (C=O) groups is 1. The topological polar surface area (TPSA) is 61.8 Å². The van der Waals surface area contributed by atoms with Crippen LogP contribution in [0.2, 0.25) is 0 Å². The molecule has 1 atom stereocenters. The summed E-state index contributed by atoms with van der Waals surface area (Å²) >= 11 is 0. The second kappa shape index (κ2) is 8.89. The molecule has 1 fully saturated rings. The number of amides is 1. The van der Waals surface area contributed by atoms with Crippen molar-refractivity contribution in [2.45, 2.75) is 32.8 Å². The van der Waals surface area contributed by atoms with Crippen molar-refractivity contribution >= 4 is 5.91 Å². The van der Waals surface area contributed by atoms with E-state index in [9.17, 15) is 4.79 Å². The van der Waals surface area contributed by atoms with E-state index >= 15 is 0 Å². The summed E-state index contributed by atoms with van der Waals surface area (Å²) in [5.41, 5.74) is 1.18. The van der Waals surface area contributed by atoms with Gasteiger partial charge in [-0.05, 0) is 56.8 Å². The fraction of sp³-hybridized carbons (Fsp3) is 0.611. The summed E-state index contributed by atoms with van der Waals surface area (Å²) in [6.45, 7) is 7.02. The minimum absolute atomic E-state index is 0.0587. The molecule has 23 heavy (non-hydrogen) atoms. The largest absolute Gasteiger partial charge is 0.491 e. The average molecular weight is 320 g/mol. The molecule has 0 spiro atoms. The summed E-state index contributed by atoms with van der Waals surface area (Å²) < 4.78 is 5.61. The molecule has 2 N–H and O–H groups in total. The Kier molecular flexibility index (Phi) is 6.86. The lowest BCUT2D eigenvalue weighted by atomic mass is 10.1. The number of benzene rings is 1. The lowest BCUT2D eigenvalue weighted by Gasteiger charge is -2.15. The first-order valence-corrected chi connectivity index (χ1v) is 8.42. The standard InChI is InChI=1S/C18H28N2O3/c1-14(2)23-17-5-3-15(4-6-17)7-9-19-18(22)12-20-10-8-16(11-20)13-21/h3-6,14,16,21H,7-13H2,1-2H3,(H,19,22). The quantitative estimate of drug-likeness (QED) is 0.761. The van der Waals surface area contributed by atoms with E-state index in [0.29, 0.717) is 19.0 Å². The molecular formula is C18H28N2O3. The second-order valence-corrected chi connectivity index (χ2v) is 6.48. The number of ether oxygens (including phenoxy) is 1. The van der Waals surface area contributed by atoms with E-state index in [1.54, 1.807) is 0 Å². The van der Waals surface area contributed by atoms with Crippen LogP contribution in [-0.2, 0) is 11.2 Å². The summed E-state index contributed by atoms with van der Waals surface area (Å²) in [5.74, 6) is 1.26. The van der Waals surface area contributed by atoms with Crippen molar-refractivity contribution in [3.63, 3.8) is 0 Å². The Labute approximate surface area is 138 Å². The molecule has 1 aromatic carbocycles. The molecule has 0 saturated carbocycles. The Balaban J connectivity index is 1.65. The van der Waals surface area contributed by atoms with Crippen molar-refractivity contribution in [1.82, 2.24) is 10.2 Å². The van der Waals surface area contributed by atoms with Crippen LogP contribution < -0.4 is 10.1 Å². The molecule has 1 heterocycles. The van der Waals surface area contributed by atoms with Crippen LogP contribution >= 0.6 is 0 Å². The number of nitrogens with zero attached hydrogens (tertiary/aromatic N) is 1. The first kappa shape index (κ1) is 17.8. The van der Waals surface area contributed by atoms with Crippen LogP contribution in [-0.4, -0.2) is 54.8 Å². The number of aliphatic hydroxyl groups is 1. The maximum Gasteiger partial charge on any atom is 0.234 e. The summed E-state index contributed by atoms with van der Waals surface area (Å²) in [7, 11) is 0. The third kappa shape index (κ3) is 6.20. The molecule has 1 aromatic rings. The minimum Gasteiger partial charge on any atom is -0.491 e. The normalized spacial score (nSPS) is 18.3. The van der Waals surface area contributed by atoms with E-state index in [0.717, 1.165) is 31.7 Å². The molecular weight excluding hydrogens is 292 g/mol. The van der Waals surface area contributed by atoms with Gasteiger partial charge in [-0.3, -0.25) is 9.69 Å². The molecule has 128 valence electrons. The van der Waals surface area contributed by atoms with Gasteiger partial charge in [0.1, 0.15) is 5.75 Å². The number of hydrogen-bond donors (Lipinski definition) is 2. The monoisotopic (exact) mass is 320 g/mol. The fourth-order valence-corrected chi connectivity index (χ4v) is 2.82. The molecule has 0 aromatic heterocycles.